The van der Waals surface area contributed by atoms with Gasteiger partial charge in [0.15, 0.2) is 0 Å². The van der Waals surface area contributed by atoms with Crippen LogP contribution in [0, 0.1) is 0 Å². The fourth-order valence-electron chi connectivity index (χ4n) is 1.69. The molecule has 0 unspecified atom stereocenters. The molecule has 0 saturated carbocycles. The summed E-state index contributed by atoms with van der Waals surface area (Å²) in [5.74, 6) is -0.942. The van der Waals surface area contributed by atoms with Gasteiger partial charge in [-0.2, -0.15) is 0 Å². The van der Waals surface area contributed by atoms with E-state index in [4.69, 9.17) is 14.6 Å². The summed E-state index contributed by atoms with van der Waals surface area (Å²) >= 11 is 3.25. The van der Waals surface area contributed by atoms with Crippen LogP contribution in [0.3, 0.4) is 0 Å². The number of carboxylic acid groups (broad SMARTS) is 1. The van der Waals surface area contributed by atoms with Crippen LogP contribution in [0.5, 0.6) is 0 Å². The van der Waals surface area contributed by atoms with Gasteiger partial charge in [0.2, 0.25) is 0 Å². The van der Waals surface area contributed by atoms with Crippen LogP contribution in [0.2, 0.25) is 0 Å². The smallest absolute Gasteiger partial charge is 0.338 e. The number of rotatable bonds is 10. The summed E-state index contributed by atoms with van der Waals surface area (Å²) in [6.45, 7) is 2.62. The molecule has 0 aliphatic heterocycles. The number of methoxy groups -OCH3 is 1. The van der Waals surface area contributed by atoms with E-state index in [0.29, 0.717) is 36.5 Å². The van der Waals surface area contributed by atoms with Gasteiger partial charge in [0.1, 0.15) is 0 Å². The fourth-order valence-corrected chi connectivity index (χ4v) is 2.22. The van der Waals surface area contributed by atoms with Gasteiger partial charge in [-0.05, 0) is 40.9 Å². The van der Waals surface area contributed by atoms with Crippen molar-refractivity contribution in [2.24, 2.45) is 0 Å². The summed E-state index contributed by atoms with van der Waals surface area (Å²) in [6, 6.07) is 5.30. The first-order chi connectivity index (χ1) is 9.66. The van der Waals surface area contributed by atoms with Crippen molar-refractivity contribution in [1.82, 2.24) is 0 Å². The molecule has 0 heterocycles. The van der Waals surface area contributed by atoms with E-state index < -0.39 is 5.97 Å². The van der Waals surface area contributed by atoms with E-state index in [1.165, 1.54) is 0 Å². The Hall–Kier alpha value is -1.11. The zero-order chi connectivity index (χ0) is 14.8. The van der Waals surface area contributed by atoms with E-state index in [9.17, 15) is 4.79 Å². The molecule has 0 atom stereocenters. The molecular formula is C14H20BrNO4. The minimum Gasteiger partial charge on any atom is -0.478 e. The molecule has 0 aliphatic rings. The highest BCUT2D eigenvalue weighted by molar-refractivity contribution is 9.10. The molecular weight excluding hydrogens is 326 g/mol. The van der Waals surface area contributed by atoms with Gasteiger partial charge in [-0.3, -0.25) is 0 Å². The van der Waals surface area contributed by atoms with Gasteiger partial charge in [0.25, 0.3) is 0 Å². The zero-order valence-corrected chi connectivity index (χ0v) is 13.1. The van der Waals surface area contributed by atoms with Gasteiger partial charge in [-0.1, -0.05) is 6.07 Å². The van der Waals surface area contributed by atoms with Crippen LogP contribution in [0.15, 0.2) is 22.7 Å². The number of carbonyl (C=O) groups is 1. The van der Waals surface area contributed by atoms with E-state index >= 15 is 0 Å². The first kappa shape index (κ1) is 16.9. The maximum Gasteiger partial charge on any atom is 0.338 e. The molecule has 0 radical (unpaired) electrons. The van der Waals surface area contributed by atoms with Crippen molar-refractivity contribution in [3.05, 3.63) is 28.2 Å². The number of benzene rings is 1. The minimum absolute atomic E-state index is 0.267. The van der Waals surface area contributed by atoms with Crippen molar-refractivity contribution in [3.63, 3.8) is 0 Å². The van der Waals surface area contributed by atoms with E-state index in [1.54, 1.807) is 19.2 Å². The summed E-state index contributed by atoms with van der Waals surface area (Å²) in [6.07, 6.45) is 1.84. The van der Waals surface area contributed by atoms with Crippen molar-refractivity contribution < 1.29 is 19.4 Å². The van der Waals surface area contributed by atoms with Gasteiger partial charge >= 0.3 is 5.97 Å². The summed E-state index contributed by atoms with van der Waals surface area (Å²) in [5.41, 5.74) is 0.899. The molecule has 1 aromatic carbocycles. The van der Waals surface area contributed by atoms with Crippen molar-refractivity contribution >= 4 is 27.6 Å². The zero-order valence-electron chi connectivity index (χ0n) is 11.5. The SMILES string of the molecule is COCCOCCCCNc1cccc(Br)c1C(=O)O. The second kappa shape index (κ2) is 9.74. The second-order valence-electron chi connectivity index (χ2n) is 4.21. The summed E-state index contributed by atoms with van der Waals surface area (Å²) in [4.78, 5) is 11.2. The highest BCUT2D eigenvalue weighted by Gasteiger charge is 2.13. The first-order valence-corrected chi connectivity index (χ1v) is 7.28. The standard InChI is InChI=1S/C14H20BrNO4/c1-19-9-10-20-8-3-2-7-16-12-6-4-5-11(15)13(12)14(17)18/h4-6,16H,2-3,7-10H2,1H3,(H,17,18). The molecule has 0 fully saturated rings. The molecule has 0 bridgehead atoms. The lowest BCUT2D eigenvalue weighted by molar-refractivity contribution is 0.0690. The Labute approximate surface area is 127 Å². The number of anilines is 1. The Morgan fingerprint density at radius 3 is 2.80 bits per heavy atom. The third-order valence-corrected chi connectivity index (χ3v) is 3.35. The summed E-state index contributed by atoms with van der Waals surface area (Å²) < 4.78 is 10.8. The van der Waals surface area contributed by atoms with E-state index in [2.05, 4.69) is 21.2 Å². The molecule has 0 amide bonds. The average molecular weight is 346 g/mol. The minimum atomic E-state index is -0.942. The lowest BCUT2D eigenvalue weighted by Crippen LogP contribution is -2.09. The van der Waals surface area contributed by atoms with E-state index in [0.717, 1.165) is 12.8 Å². The highest BCUT2D eigenvalue weighted by Crippen LogP contribution is 2.24. The number of ether oxygens (including phenoxy) is 2. The third kappa shape index (κ3) is 5.90. The quantitative estimate of drug-likeness (QED) is 0.638. The third-order valence-electron chi connectivity index (χ3n) is 2.69. The molecule has 112 valence electrons. The van der Waals surface area contributed by atoms with Crippen LogP contribution in [0.1, 0.15) is 23.2 Å². The van der Waals surface area contributed by atoms with Crippen molar-refractivity contribution in [2.75, 3.05) is 38.8 Å². The fraction of sp³-hybridized carbons (Fsp3) is 0.500. The highest BCUT2D eigenvalue weighted by atomic mass is 79.9. The monoisotopic (exact) mass is 345 g/mol. The number of halogens is 1. The molecule has 2 N–H and O–H groups in total. The average Bonchev–Trinajstić information content (AvgIpc) is 2.41. The second-order valence-corrected chi connectivity index (χ2v) is 5.06. The number of hydrogen-bond acceptors (Lipinski definition) is 4. The van der Waals surface area contributed by atoms with Gasteiger partial charge < -0.3 is 19.9 Å². The maximum absolute atomic E-state index is 11.2. The predicted octanol–water partition coefficient (Wildman–Crippen LogP) is 3.00. The molecule has 0 aliphatic carbocycles. The molecule has 0 aromatic heterocycles. The topological polar surface area (TPSA) is 67.8 Å². The molecule has 0 spiro atoms. The summed E-state index contributed by atoms with van der Waals surface area (Å²) in [7, 11) is 1.64. The molecule has 6 heteroatoms. The summed E-state index contributed by atoms with van der Waals surface area (Å²) in [5, 5.41) is 12.3. The number of unbranched alkanes of at least 4 members (excludes halogenated alkanes) is 1. The number of aromatic carboxylic acids is 1. The first-order valence-electron chi connectivity index (χ1n) is 6.49. The molecule has 20 heavy (non-hydrogen) atoms. The lowest BCUT2D eigenvalue weighted by atomic mass is 10.1. The Kier molecular flexibility index (Phi) is 8.25. The molecule has 0 saturated heterocycles. The number of nitrogens with one attached hydrogen (secondary N) is 1. The Morgan fingerprint density at radius 2 is 2.10 bits per heavy atom. The van der Waals surface area contributed by atoms with Crippen LogP contribution in [0.4, 0.5) is 5.69 Å². The van der Waals surface area contributed by atoms with Crippen LogP contribution >= 0.6 is 15.9 Å². The predicted molar refractivity (Wildman–Crippen MR) is 81.5 cm³/mol. The van der Waals surface area contributed by atoms with Crippen LogP contribution in [-0.2, 0) is 9.47 Å². The van der Waals surface area contributed by atoms with Crippen LogP contribution in [0.25, 0.3) is 0 Å². The van der Waals surface area contributed by atoms with Crippen LogP contribution < -0.4 is 5.32 Å². The Bertz CT molecular complexity index is 426. The van der Waals surface area contributed by atoms with Gasteiger partial charge in [-0.15, -0.1) is 0 Å². The normalized spacial score (nSPS) is 10.5. The van der Waals surface area contributed by atoms with E-state index in [1.807, 2.05) is 6.07 Å². The van der Waals surface area contributed by atoms with Crippen molar-refractivity contribution in [1.29, 1.82) is 0 Å². The number of carboxylic acids is 1. The van der Waals surface area contributed by atoms with Gasteiger partial charge in [0, 0.05) is 30.4 Å². The Morgan fingerprint density at radius 1 is 1.30 bits per heavy atom. The van der Waals surface area contributed by atoms with Gasteiger partial charge in [0.05, 0.1) is 18.8 Å². The largest absolute Gasteiger partial charge is 0.478 e. The molecule has 1 aromatic rings. The van der Waals surface area contributed by atoms with E-state index in [-0.39, 0.29) is 5.56 Å². The number of hydrogen-bond donors (Lipinski definition) is 2. The lowest BCUT2D eigenvalue weighted by Gasteiger charge is -2.11. The van der Waals surface area contributed by atoms with Crippen molar-refractivity contribution in [2.45, 2.75) is 12.8 Å². The van der Waals surface area contributed by atoms with Gasteiger partial charge in [-0.25, -0.2) is 4.79 Å². The Balaban J connectivity index is 2.29. The molecule has 1 rings (SSSR count). The maximum atomic E-state index is 11.2. The van der Waals surface area contributed by atoms with Crippen LogP contribution in [-0.4, -0.2) is 44.6 Å². The van der Waals surface area contributed by atoms with Crippen molar-refractivity contribution in [3.8, 4) is 0 Å². The molecule has 5 nitrogen and oxygen atoms in total.